The Bertz CT molecular complexity index is 1590. The van der Waals surface area contributed by atoms with Gasteiger partial charge in [0.15, 0.2) is 17.3 Å². The monoisotopic (exact) mass is 611 g/mol. The molecule has 3 aromatic rings. The molecule has 236 valence electrons. The van der Waals surface area contributed by atoms with E-state index in [4.69, 9.17) is 23.7 Å². The largest absolute Gasteiger partial charge is 0.493 e. The van der Waals surface area contributed by atoms with Crippen LogP contribution in [-0.2, 0) is 25.7 Å². The second kappa shape index (κ2) is 14.5. The van der Waals surface area contributed by atoms with Crippen LogP contribution in [0.25, 0.3) is 0 Å². The lowest BCUT2D eigenvalue weighted by atomic mass is 9.71. The van der Waals surface area contributed by atoms with Crippen molar-refractivity contribution in [2.75, 3.05) is 27.4 Å². The smallest absolute Gasteiger partial charge is 0.336 e. The predicted octanol–water partition coefficient (Wildman–Crippen LogP) is 6.61. The Morgan fingerprint density at radius 2 is 1.62 bits per heavy atom. The van der Waals surface area contributed by atoms with Gasteiger partial charge in [0, 0.05) is 29.0 Å². The molecule has 8 heteroatoms. The summed E-state index contributed by atoms with van der Waals surface area (Å²) in [6.07, 6.45) is 0.888. The molecule has 0 bridgehead atoms. The first-order valence-corrected chi connectivity index (χ1v) is 15.3. The Morgan fingerprint density at radius 3 is 2.36 bits per heavy atom. The zero-order chi connectivity index (χ0) is 31.9. The molecule has 0 spiro atoms. The molecule has 0 saturated carbocycles. The maximum Gasteiger partial charge on any atom is 0.336 e. The minimum absolute atomic E-state index is 0.0218. The average molecular weight is 612 g/mol. The number of dihydropyridines is 1. The van der Waals surface area contributed by atoms with Gasteiger partial charge in [-0.05, 0) is 62.4 Å². The van der Waals surface area contributed by atoms with E-state index in [1.165, 1.54) is 0 Å². The highest BCUT2D eigenvalue weighted by atomic mass is 16.6. The lowest BCUT2D eigenvalue weighted by Gasteiger charge is -2.37. The molecule has 5 rings (SSSR count). The number of para-hydroxylation sites is 1. The maximum absolute atomic E-state index is 14.2. The highest BCUT2D eigenvalue weighted by molar-refractivity contribution is 6.04. The quantitative estimate of drug-likeness (QED) is 0.181. The van der Waals surface area contributed by atoms with Crippen LogP contribution in [0.15, 0.2) is 95.3 Å². The molecule has 1 heterocycles. The van der Waals surface area contributed by atoms with Crippen molar-refractivity contribution >= 4 is 11.8 Å². The van der Waals surface area contributed by atoms with Gasteiger partial charge in [-0.15, -0.1) is 0 Å². The molecule has 0 fully saturated rings. The van der Waals surface area contributed by atoms with Crippen LogP contribution < -0.4 is 19.5 Å². The number of esters is 1. The van der Waals surface area contributed by atoms with E-state index >= 15 is 0 Å². The Balaban J connectivity index is 1.52. The zero-order valence-corrected chi connectivity index (χ0v) is 26.6. The minimum atomic E-state index is -0.661. The Labute approximate surface area is 265 Å². The SMILES string of the molecule is COc1ccc([C@@H]2CC(=O)C3=C(C2)NC(C)=C(C(=O)OCCOC(C)C)[C@H]3c2ccccc2OCc2ccccc2)cc1OC. The van der Waals surface area contributed by atoms with Crippen LogP contribution in [0.3, 0.4) is 0 Å². The number of nitrogens with one attached hydrogen (secondary N) is 1. The number of ether oxygens (including phenoxy) is 5. The van der Waals surface area contributed by atoms with Crippen molar-refractivity contribution < 1.29 is 33.3 Å². The van der Waals surface area contributed by atoms with Gasteiger partial charge in [0.1, 0.15) is 19.0 Å². The van der Waals surface area contributed by atoms with Crippen molar-refractivity contribution in [2.24, 2.45) is 0 Å². The van der Waals surface area contributed by atoms with Crippen molar-refractivity contribution in [3.8, 4) is 17.2 Å². The number of Topliss-reactive ketones (excluding diaryl/α,β-unsaturated/α-hetero) is 1. The van der Waals surface area contributed by atoms with E-state index in [0.29, 0.717) is 47.1 Å². The molecule has 0 radical (unpaired) electrons. The second-order valence-corrected chi connectivity index (χ2v) is 11.5. The molecular weight excluding hydrogens is 570 g/mol. The third-order valence-electron chi connectivity index (χ3n) is 8.16. The zero-order valence-electron chi connectivity index (χ0n) is 26.6. The van der Waals surface area contributed by atoms with Gasteiger partial charge < -0.3 is 29.0 Å². The predicted molar refractivity (Wildman–Crippen MR) is 171 cm³/mol. The van der Waals surface area contributed by atoms with Crippen LogP contribution in [-0.4, -0.2) is 45.3 Å². The summed E-state index contributed by atoms with van der Waals surface area (Å²) >= 11 is 0. The molecule has 2 atom stereocenters. The number of methoxy groups -OCH3 is 2. The first-order chi connectivity index (χ1) is 21.8. The third-order valence-corrected chi connectivity index (χ3v) is 8.16. The molecule has 8 nitrogen and oxygen atoms in total. The molecule has 0 aromatic heterocycles. The Morgan fingerprint density at radius 1 is 0.889 bits per heavy atom. The van der Waals surface area contributed by atoms with Crippen molar-refractivity contribution in [1.29, 1.82) is 0 Å². The van der Waals surface area contributed by atoms with Gasteiger partial charge in [-0.2, -0.15) is 0 Å². The Kier molecular flexibility index (Phi) is 10.2. The van der Waals surface area contributed by atoms with Gasteiger partial charge >= 0.3 is 5.97 Å². The van der Waals surface area contributed by atoms with E-state index < -0.39 is 11.9 Å². The van der Waals surface area contributed by atoms with Gasteiger partial charge in [-0.3, -0.25) is 4.79 Å². The number of benzene rings is 3. The number of rotatable bonds is 12. The highest BCUT2D eigenvalue weighted by Gasteiger charge is 2.42. The number of carbonyl (C=O) groups is 2. The van der Waals surface area contributed by atoms with E-state index in [9.17, 15) is 9.59 Å². The van der Waals surface area contributed by atoms with E-state index in [0.717, 1.165) is 22.4 Å². The number of carbonyl (C=O) groups excluding carboxylic acids is 2. The lowest BCUT2D eigenvalue weighted by molar-refractivity contribution is -0.141. The van der Waals surface area contributed by atoms with Gasteiger partial charge in [-0.25, -0.2) is 4.79 Å². The fourth-order valence-corrected chi connectivity index (χ4v) is 6.04. The molecule has 0 amide bonds. The van der Waals surface area contributed by atoms with Crippen molar-refractivity contribution in [3.63, 3.8) is 0 Å². The van der Waals surface area contributed by atoms with E-state index in [-0.39, 0.29) is 37.4 Å². The van der Waals surface area contributed by atoms with Gasteiger partial charge in [0.25, 0.3) is 0 Å². The summed E-state index contributed by atoms with van der Waals surface area (Å²) in [6.45, 7) is 6.45. The number of allylic oxidation sites excluding steroid dienone is 3. The van der Waals surface area contributed by atoms with Crippen LogP contribution >= 0.6 is 0 Å². The standard InChI is InChI=1S/C37H41NO7/c1-23(2)43-17-18-44-37(40)34-24(3)38-29-19-27(26-15-16-32(41-4)33(21-26)42-5)20-30(39)36(29)35(34)28-13-9-10-14-31(28)45-22-25-11-7-6-8-12-25/h6-16,21,23,27,35,38H,17-20,22H2,1-5H3/t27-,35+/m0/s1. The molecule has 45 heavy (non-hydrogen) atoms. The maximum atomic E-state index is 14.2. The molecule has 0 unspecified atom stereocenters. The molecule has 2 aliphatic rings. The normalized spacial score (nSPS) is 18.0. The second-order valence-electron chi connectivity index (χ2n) is 11.5. The summed E-state index contributed by atoms with van der Waals surface area (Å²) in [5.41, 5.74) is 5.14. The van der Waals surface area contributed by atoms with Crippen molar-refractivity contribution in [2.45, 2.75) is 58.2 Å². The van der Waals surface area contributed by atoms with E-state index in [2.05, 4.69) is 5.32 Å². The minimum Gasteiger partial charge on any atom is -0.493 e. The van der Waals surface area contributed by atoms with Crippen LogP contribution in [0, 0.1) is 0 Å². The Hall–Kier alpha value is -4.56. The van der Waals surface area contributed by atoms with Crippen LogP contribution in [0.2, 0.25) is 0 Å². The van der Waals surface area contributed by atoms with Crippen LogP contribution in [0.5, 0.6) is 17.2 Å². The van der Waals surface area contributed by atoms with Gasteiger partial charge in [0.2, 0.25) is 0 Å². The van der Waals surface area contributed by atoms with E-state index in [1.54, 1.807) is 14.2 Å². The lowest BCUT2D eigenvalue weighted by Crippen LogP contribution is -2.36. The van der Waals surface area contributed by atoms with Gasteiger partial charge in [-0.1, -0.05) is 54.6 Å². The topological polar surface area (TPSA) is 92.3 Å². The number of hydrogen-bond acceptors (Lipinski definition) is 8. The molecule has 3 aromatic carbocycles. The molecule has 1 aliphatic heterocycles. The van der Waals surface area contributed by atoms with Crippen molar-refractivity contribution in [1.82, 2.24) is 5.32 Å². The molecule has 0 saturated heterocycles. The summed E-state index contributed by atoms with van der Waals surface area (Å²) < 4.78 is 28.6. The molecule has 1 N–H and O–H groups in total. The molecular formula is C37H41NO7. The first kappa shape index (κ1) is 31.9. The van der Waals surface area contributed by atoms with Gasteiger partial charge in [0.05, 0.1) is 38.4 Å². The molecule has 1 aliphatic carbocycles. The summed E-state index contributed by atoms with van der Waals surface area (Å²) in [5, 5.41) is 3.43. The van der Waals surface area contributed by atoms with Crippen LogP contribution in [0.1, 0.15) is 62.1 Å². The van der Waals surface area contributed by atoms with Crippen LogP contribution in [0.4, 0.5) is 0 Å². The van der Waals surface area contributed by atoms with E-state index in [1.807, 2.05) is 93.6 Å². The summed E-state index contributed by atoms with van der Waals surface area (Å²) in [6, 6.07) is 23.3. The summed E-state index contributed by atoms with van der Waals surface area (Å²) in [7, 11) is 3.20. The average Bonchev–Trinajstić information content (AvgIpc) is 3.05. The highest BCUT2D eigenvalue weighted by Crippen LogP contribution is 2.48. The van der Waals surface area contributed by atoms with Crippen molar-refractivity contribution in [3.05, 3.63) is 112 Å². The number of hydrogen-bond donors (Lipinski definition) is 1. The fraction of sp³-hybridized carbons (Fsp3) is 0.351. The summed E-state index contributed by atoms with van der Waals surface area (Å²) in [5.74, 6) is 0.588. The number of ketones is 1. The fourth-order valence-electron chi connectivity index (χ4n) is 6.04. The summed E-state index contributed by atoms with van der Waals surface area (Å²) in [4.78, 5) is 27.9. The first-order valence-electron chi connectivity index (χ1n) is 15.3. The third kappa shape index (κ3) is 7.23.